The molecule has 0 spiro atoms. The molecule has 4 aromatic rings. The molecule has 5 rings (SSSR count). The lowest BCUT2D eigenvalue weighted by Gasteiger charge is -2.17. The Kier molecular flexibility index (Phi) is 4.97. The smallest absolute Gasteiger partial charge is 0.282 e. The minimum absolute atomic E-state index is 0.512. The molecular formula is C21H20N4O2S2. The topological polar surface area (TPSA) is 73.9 Å². The zero-order valence-corrected chi connectivity index (χ0v) is 17.8. The summed E-state index contributed by atoms with van der Waals surface area (Å²) in [5, 5.41) is 11.0. The Labute approximate surface area is 176 Å². The molecule has 3 heterocycles. The molecule has 6 nitrogen and oxygen atoms in total. The fourth-order valence-electron chi connectivity index (χ4n) is 3.68. The molecule has 1 aliphatic carbocycles. The Morgan fingerprint density at radius 1 is 1.21 bits per heavy atom. The highest BCUT2D eigenvalue weighted by Crippen LogP contribution is 2.41. The lowest BCUT2D eigenvalue weighted by atomic mass is 9.89. The molecule has 148 valence electrons. The van der Waals surface area contributed by atoms with Gasteiger partial charge in [0.15, 0.2) is 0 Å². The summed E-state index contributed by atoms with van der Waals surface area (Å²) >= 11 is 3.22. The van der Waals surface area contributed by atoms with Gasteiger partial charge in [-0.3, -0.25) is 0 Å². The van der Waals surface area contributed by atoms with Crippen molar-refractivity contribution in [3.8, 4) is 5.75 Å². The number of hydrogen-bond donors (Lipinski definition) is 0. The normalized spacial score (nSPS) is 16.1. The van der Waals surface area contributed by atoms with Crippen LogP contribution >= 0.6 is 23.1 Å². The number of aryl methyl sites for hydroxylation is 1. The molecule has 0 amide bonds. The van der Waals surface area contributed by atoms with E-state index in [2.05, 4.69) is 27.1 Å². The lowest BCUT2D eigenvalue weighted by Crippen LogP contribution is -2.08. The van der Waals surface area contributed by atoms with Crippen LogP contribution < -0.4 is 4.74 Å². The number of thiophene rings is 1. The van der Waals surface area contributed by atoms with E-state index in [1.54, 1.807) is 24.8 Å². The quantitative estimate of drug-likeness (QED) is 0.420. The summed E-state index contributed by atoms with van der Waals surface area (Å²) in [5.41, 5.74) is 2.50. The van der Waals surface area contributed by atoms with Gasteiger partial charge in [-0.05, 0) is 60.2 Å². The van der Waals surface area contributed by atoms with Crippen LogP contribution in [0.4, 0.5) is 0 Å². The molecule has 3 aromatic heterocycles. The van der Waals surface area contributed by atoms with Crippen molar-refractivity contribution in [3.63, 3.8) is 0 Å². The van der Waals surface area contributed by atoms with Gasteiger partial charge in [0.1, 0.15) is 21.9 Å². The van der Waals surface area contributed by atoms with E-state index in [0.717, 1.165) is 39.9 Å². The predicted molar refractivity (Wildman–Crippen MR) is 113 cm³/mol. The van der Waals surface area contributed by atoms with E-state index in [9.17, 15) is 0 Å². The van der Waals surface area contributed by atoms with E-state index in [-0.39, 0.29) is 0 Å². The van der Waals surface area contributed by atoms with E-state index < -0.39 is 0 Å². The molecule has 1 aromatic carbocycles. The van der Waals surface area contributed by atoms with Gasteiger partial charge in [0.05, 0.1) is 13.5 Å². The first-order valence-corrected chi connectivity index (χ1v) is 11.2. The van der Waals surface area contributed by atoms with Crippen LogP contribution in [0.5, 0.6) is 5.75 Å². The van der Waals surface area contributed by atoms with Crippen molar-refractivity contribution in [3.05, 3.63) is 52.5 Å². The van der Waals surface area contributed by atoms with Crippen LogP contribution in [0.2, 0.25) is 0 Å². The molecule has 0 saturated carbocycles. The predicted octanol–water partition coefficient (Wildman–Crippen LogP) is 4.95. The molecule has 0 fully saturated rings. The summed E-state index contributed by atoms with van der Waals surface area (Å²) in [6.07, 6.45) is 5.65. The molecule has 8 heteroatoms. The highest BCUT2D eigenvalue weighted by molar-refractivity contribution is 7.99. The number of nitrogens with zero attached hydrogens (tertiary/aromatic N) is 4. The third-order valence-electron chi connectivity index (χ3n) is 5.20. The van der Waals surface area contributed by atoms with Gasteiger partial charge in [-0.15, -0.1) is 21.5 Å². The number of ether oxygens (including phenoxy) is 1. The fourth-order valence-corrected chi connectivity index (χ4v) is 5.90. The zero-order valence-electron chi connectivity index (χ0n) is 16.2. The number of benzene rings is 1. The van der Waals surface area contributed by atoms with Gasteiger partial charge in [0.25, 0.3) is 5.22 Å². The Hall–Kier alpha value is -2.45. The molecule has 0 N–H and O–H groups in total. The molecule has 1 atom stereocenters. The summed E-state index contributed by atoms with van der Waals surface area (Å²) in [6, 6.07) is 7.87. The summed E-state index contributed by atoms with van der Waals surface area (Å²) in [6.45, 7) is 2.32. The van der Waals surface area contributed by atoms with Gasteiger partial charge in [0.2, 0.25) is 5.89 Å². The minimum Gasteiger partial charge on any atom is -0.497 e. The Balaban J connectivity index is 1.39. The average molecular weight is 425 g/mol. The van der Waals surface area contributed by atoms with Crippen LogP contribution in [-0.2, 0) is 19.3 Å². The fraction of sp³-hybridized carbons (Fsp3) is 0.333. The first-order valence-electron chi connectivity index (χ1n) is 9.58. The largest absolute Gasteiger partial charge is 0.497 e. The monoisotopic (exact) mass is 424 g/mol. The highest BCUT2D eigenvalue weighted by Gasteiger charge is 2.24. The van der Waals surface area contributed by atoms with Crippen molar-refractivity contribution in [2.75, 3.05) is 7.11 Å². The van der Waals surface area contributed by atoms with Crippen molar-refractivity contribution in [1.29, 1.82) is 0 Å². The molecule has 1 aliphatic rings. The SMILES string of the molecule is COc1ccc(Cc2nnc(Sc3ncnc4sc5c(c34)CC[C@H](C)C5)o2)cc1. The summed E-state index contributed by atoms with van der Waals surface area (Å²) in [7, 11) is 1.66. The Morgan fingerprint density at radius 3 is 2.90 bits per heavy atom. The van der Waals surface area contributed by atoms with Crippen molar-refractivity contribution in [2.24, 2.45) is 5.92 Å². The van der Waals surface area contributed by atoms with E-state index in [1.165, 1.54) is 34.0 Å². The number of fused-ring (bicyclic) bond motifs is 3. The van der Waals surface area contributed by atoms with Crippen molar-refractivity contribution in [2.45, 2.75) is 42.9 Å². The van der Waals surface area contributed by atoms with Crippen LogP contribution in [0.1, 0.15) is 35.2 Å². The van der Waals surface area contributed by atoms with Gasteiger partial charge in [-0.1, -0.05) is 19.1 Å². The highest BCUT2D eigenvalue weighted by atomic mass is 32.2. The second kappa shape index (κ2) is 7.76. The van der Waals surface area contributed by atoms with Crippen LogP contribution in [0, 0.1) is 5.92 Å². The Bertz CT molecular complexity index is 1150. The van der Waals surface area contributed by atoms with Crippen LogP contribution in [0.15, 0.2) is 45.3 Å². The van der Waals surface area contributed by atoms with Gasteiger partial charge in [0, 0.05) is 10.3 Å². The standard InChI is InChI=1S/C21H20N4O2S2/c1-12-3-8-15-16(9-12)28-19-18(15)20(23-11-22-19)29-21-25-24-17(27-21)10-13-4-6-14(26-2)7-5-13/h4-7,11-12H,3,8-10H2,1-2H3/t12-/m0/s1. The number of hydrogen-bond acceptors (Lipinski definition) is 8. The van der Waals surface area contributed by atoms with Crippen molar-refractivity contribution >= 4 is 33.3 Å². The maximum Gasteiger partial charge on any atom is 0.282 e. The zero-order chi connectivity index (χ0) is 19.8. The van der Waals surface area contributed by atoms with E-state index in [4.69, 9.17) is 9.15 Å². The molecule has 0 aliphatic heterocycles. The number of aromatic nitrogens is 4. The van der Waals surface area contributed by atoms with Gasteiger partial charge in [-0.2, -0.15) is 0 Å². The average Bonchev–Trinajstić information content (AvgIpc) is 3.32. The number of rotatable bonds is 5. The van der Waals surface area contributed by atoms with Crippen molar-refractivity contribution in [1.82, 2.24) is 20.2 Å². The maximum atomic E-state index is 5.89. The minimum atomic E-state index is 0.512. The van der Waals surface area contributed by atoms with Gasteiger partial charge in [-0.25, -0.2) is 9.97 Å². The lowest BCUT2D eigenvalue weighted by molar-refractivity contribution is 0.413. The second-order valence-electron chi connectivity index (χ2n) is 7.30. The van der Waals surface area contributed by atoms with Gasteiger partial charge >= 0.3 is 0 Å². The molecule has 0 unspecified atom stereocenters. The maximum absolute atomic E-state index is 5.89. The first kappa shape index (κ1) is 18.6. The van der Waals surface area contributed by atoms with Crippen molar-refractivity contribution < 1.29 is 9.15 Å². The van der Waals surface area contributed by atoms with E-state index >= 15 is 0 Å². The van der Waals surface area contributed by atoms with Gasteiger partial charge < -0.3 is 9.15 Å². The van der Waals surface area contributed by atoms with Crippen LogP contribution in [-0.4, -0.2) is 27.3 Å². The number of methoxy groups -OCH3 is 1. The van der Waals surface area contributed by atoms with Crippen LogP contribution in [0.3, 0.4) is 0 Å². The summed E-state index contributed by atoms with van der Waals surface area (Å²) in [4.78, 5) is 11.5. The van der Waals surface area contributed by atoms with E-state index in [1.807, 2.05) is 24.3 Å². The Morgan fingerprint density at radius 2 is 2.07 bits per heavy atom. The molecular weight excluding hydrogens is 404 g/mol. The third-order valence-corrected chi connectivity index (χ3v) is 7.21. The summed E-state index contributed by atoms with van der Waals surface area (Å²) in [5.74, 6) is 2.15. The third kappa shape index (κ3) is 3.74. The first-order chi connectivity index (χ1) is 14.2. The second-order valence-corrected chi connectivity index (χ2v) is 9.32. The molecule has 29 heavy (non-hydrogen) atoms. The molecule has 0 radical (unpaired) electrons. The van der Waals surface area contributed by atoms with E-state index in [0.29, 0.717) is 17.5 Å². The molecule has 0 bridgehead atoms. The summed E-state index contributed by atoms with van der Waals surface area (Å²) < 4.78 is 11.1. The molecule has 0 saturated heterocycles. The van der Waals surface area contributed by atoms with Crippen LogP contribution in [0.25, 0.3) is 10.2 Å².